The highest BCUT2D eigenvalue weighted by Crippen LogP contribution is 2.30. The molecule has 0 bridgehead atoms. The molecule has 0 atom stereocenters. The quantitative estimate of drug-likeness (QED) is 0.617. The number of hydrogen-bond acceptors (Lipinski definition) is 3. The summed E-state index contributed by atoms with van der Waals surface area (Å²) in [6.45, 7) is 7.21. The van der Waals surface area contributed by atoms with E-state index in [0.29, 0.717) is 11.6 Å². The summed E-state index contributed by atoms with van der Waals surface area (Å²) in [6, 6.07) is 4.73. The van der Waals surface area contributed by atoms with Crippen molar-refractivity contribution in [3.63, 3.8) is 0 Å². The van der Waals surface area contributed by atoms with E-state index in [4.69, 9.17) is 4.74 Å². The summed E-state index contributed by atoms with van der Waals surface area (Å²) in [5, 5.41) is 0. The molecule has 2 rings (SSSR count). The maximum Gasteiger partial charge on any atom is 0.338 e. The molecule has 0 saturated heterocycles. The van der Waals surface area contributed by atoms with E-state index in [1.807, 2.05) is 27.1 Å². The molecule has 3 nitrogen and oxygen atoms in total. The van der Waals surface area contributed by atoms with Gasteiger partial charge < -0.3 is 9.64 Å². The first-order valence-electron chi connectivity index (χ1n) is 8.41. The topological polar surface area (TPSA) is 29.5 Å². The van der Waals surface area contributed by atoms with Gasteiger partial charge in [0, 0.05) is 18.3 Å². The normalized spacial score (nSPS) is 15.5. The summed E-state index contributed by atoms with van der Waals surface area (Å²) in [4.78, 5) is 14.6. The molecule has 0 spiro atoms. The van der Waals surface area contributed by atoms with Crippen LogP contribution in [0.5, 0.6) is 0 Å². The summed E-state index contributed by atoms with van der Waals surface area (Å²) in [5.41, 5.74) is 3.98. The molecule has 1 aromatic carbocycles. The molecule has 0 heterocycles. The Kier molecular flexibility index (Phi) is 5.93. The first-order valence-corrected chi connectivity index (χ1v) is 8.41. The maximum absolute atomic E-state index is 12.1. The second kappa shape index (κ2) is 7.71. The Morgan fingerprint density at radius 2 is 2.00 bits per heavy atom. The standard InChI is InChI=1S/C18H27BNO2/c1-5-20(15-9-7-6-8-10-15)17-12-14(19-3)11-16(13(17)2)18(21)22-4/h11-12,15H,5-10H2,1-4H3. The van der Waals surface area contributed by atoms with Crippen LogP contribution in [0.2, 0.25) is 6.82 Å². The molecule has 0 N–H and O–H groups in total. The lowest BCUT2D eigenvalue weighted by Crippen LogP contribution is -2.38. The minimum absolute atomic E-state index is 0.248. The predicted molar refractivity (Wildman–Crippen MR) is 93.7 cm³/mol. The number of anilines is 1. The molecule has 1 fully saturated rings. The molecule has 0 amide bonds. The molecule has 1 saturated carbocycles. The molecule has 1 aromatic rings. The number of benzene rings is 1. The number of ether oxygens (including phenoxy) is 1. The minimum Gasteiger partial charge on any atom is -0.465 e. The van der Waals surface area contributed by atoms with Crippen molar-refractivity contribution in [1.29, 1.82) is 0 Å². The SMILES string of the molecule is C[B]c1cc(C(=O)OC)c(C)c(N(CC)C2CCCCC2)c1. The van der Waals surface area contributed by atoms with Crippen molar-refractivity contribution >= 4 is 24.4 Å². The molecule has 1 radical (unpaired) electrons. The molecule has 22 heavy (non-hydrogen) atoms. The Hall–Kier alpha value is -1.45. The lowest BCUT2D eigenvalue weighted by atomic mass is 9.72. The Bertz CT molecular complexity index is 524. The average molecular weight is 300 g/mol. The van der Waals surface area contributed by atoms with Gasteiger partial charge in [0.15, 0.2) is 0 Å². The lowest BCUT2D eigenvalue weighted by molar-refractivity contribution is 0.0600. The van der Waals surface area contributed by atoms with E-state index in [2.05, 4.69) is 17.9 Å². The van der Waals surface area contributed by atoms with Crippen molar-refractivity contribution in [2.45, 2.75) is 58.8 Å². The zero-order valence-electron chi connectivity index (χ0n) is 14.3. The van der Waals surface area contributed by atoms with E-state index in [9.17, 15) is 4.79 Å². The second-order valence-electron chi connectivity index (χ2n) is 6.07. The van der Waals surface area contributed by atoms with E-state index >= 15 is 0 Å². The van der Waals surface area contributed by atoms with Gasteiger partial charge >= 0.3 is 5.97 Å². The number of carbonyl (C=O) groups excluding carboxylic acids is 1. The van der Waals surface area contributed by atoms with Gasteiger partial charge in [0.2, 0.25) is 0 Å². The molecule has 0 unspecified atom stereocenters. The zero-order chi connectivity index (χ0) is 16.1. The van der Waals surface area contributed by atoms with Gasteiger partial charge in [-0.05, 0) is 38.3 Å². The van der Waals surface area contributed by atoms with Crippen molar-refractivity contribution in [3.8, 4) is 0 Å². The fourth-order valence-corrected chi connectivity index (χ4v) is 3.53. The van der Waals surface area contributed by atoms with Crippen LogP contribution in [0.1, 0.15) is 54.9 Å². The molecular weight excluding hydrogens is 273 g/mol. The van der Waals surface area contributed by atoms with Crippen molar-refractivity contribution in [2.75, 3.05) is 18.6 Å². The number of hydrogen-bond donors (Lipinski definition) is 0. The van der Waals surface area contributed by atoms with Gasteiger partial charge in [-0.2, -0.15) is 0 Å². The van der Waals surface area contributed by atoms with Gasteiger partial charge in [-0.3, -0.25) is 0 Å². The first-order chi connectivity index (χ1) is 10.6. The van der Waals surface area contributed by atoms with Gasteiger partial charge in [-0.15, -0.1) is 0 Å². The molecular formula is C18H27BNO2. The Morgan fingerprint density at radius 3 is 2.55 bits per heavy atom. The zero-order valence-corrected chi connectivity index (χ0v) is 14.3. The number of esters is 1. The average Bonchev–Trinajstić information content (AvgIpc) is 2.57. The second-order valence-corrected chi connectivity index (χ2v) is 6.07. The maximum atomic E-state index is 12.1. The predicted octanol–water partition coefficient (Wildman–Crippen LogP) is 3.32. The van der Waals surface area contributed by atoms with Crippen molar-refractivity contribution in [2.24, 2.45) is 0 Å². The first kappa shape index (κ1) is 16.9. The van der Waals surface area contributed by atoms with Crippen LogP contribution in [-0.2, 0) is 4.74 Å². The number of rotatable bonds is 5. The molecule has 1 aliphatic carbocycles. The summed E-state index contributed by atoms with van der Waals surface area (Å²) >= 11 is 0. The fraction of sp³-hybridized carbons (Fsp3) is 0.611. The van der Waals surface area contributed by atoms with Gasteiger partial charge in [-0.1, -0.05) is 37.6 Å². The smallest absolute Gasteiger partial charge is 0.338 e. The third kappa shape index (κ3) is 3.48. The molecule has 0 aromatic heterocycles. The van der Waals surface area contributed by atoms with Crippen molar-refractivity contribution < 1.29 is 9.53 Å². The van der Waals surface area contributed by atoms with Gasteiger partial charge in [0.05, 0.1) is 12.7 Å². The minimum atomic E-state index is -0.248. The molecule has 4 heteroatoms. The summed E-state index contributed by atoms with van der Waals surface area (Å²) in [6.07, 6.45) is 6.47. The van der Waals surface area contributed by atoms with Gasteiger partial charge in [0.1, 0.15) is 7.28 Å². The van der Waals surface area contributed by atoms with Crippen LogP contribution >= 0.6 is 0 Å². The summed E-state index contributed by atoms with van der Waals surface area (Å²) in [7, 11) is 3.49. The monoisotopic (exact) mass is 300 g/mol. The van der Waals surface area contributed by atoms with E-state index in [1.165, 1.54) is 44.9 Å². The van der Waals surface area contributed by atoms with E-state index < -0.39 is 0 Å². The van der Waals surface area contributed by atoms with Crippen molar-refractivity contribution in [3.05, 3.63) is 23.3 Å². The molecule has 0 aliphatic heterocycles. The van der Waals surface area contributed by atoms with Crippen LogP contribution in [-0.4, -0.2) is 32.9 Å². The van der Waals surface area contributed by atoms with E-state index in [1.54, 1.807) is 0 Å². The Balaban J connectivity index is 2.44. The van der Waals surface area contributed by atoms with Crippen LogP contribution in [0, 0.1) is 6.92 Å². The third-order valence-corrected chi connectivity index (χ3v) is 4.81. The van der Waals surface area contributed by atoms with E-state index in [0.717, 1.165) is 17.6 Å². The number of carbonyl (C=O) groups is 1. The highest BCUT2D eigenvalue weighted by molar-refractivity contribution is 6.52. The van der Waals surface area contributed by atoms with Crippen LogP contribution in [0.3, 0.4) is 0 Å². The molecule has 119 valence electrons. The Labute approximate surface area is 135 Å². The fourth-order valence-electron chi connectivity index (χ4n) is 3.53. The third-order valence-electron chi connectivity index (χ3n) is 4.81. The highest BCUT2D eigenvalue weighted by atomic mass is 16.5. The summed E-state index contributed by atoms with van der Waals surface area (Å²) < 4.78 is 4.96. The largest absolute Gasteiger partial charge is 0.465 e. The molecule has 1 aliphatic rings. The summed E-state index contributed by atoms with van der Waals surface area (Å²) in [5.74, 6) is -0.248. The number of nitrogens with zero attached hydrogens (tertiary/aromatic N) is 1. The van der Waals surface area contributed by atoms with Crippen LogP contribution in [0.4, 0.5) is 5.69 Å². The van der Waals surface area contributed by atoms with Crippen molar-refractivity contribution in [1.82, 2.24) is 0 Å². The van der Waals surface area contributed by atoms with Gasteiger partial charge in [0.25, 0.3) is 0 Å². The van der Waals surface area contributed by atoms with Crippen LogP contribution in [0.15, 0.2) is 12.1 Å². The number of methoxy groups -OCH3 is 1. The van der Waals surface area contributed by atoms with Gasteiger partial charge in [-0.25, -0.2) is 4.79 Å². The Morgan fingerprint density at radius 1 is 1.32 bits per heavy atom. The van der Waals surface area contributed by atoms with Crippen LogP contribution in [0.25, 0.3) is 0 Å². The van der Waals surface area contributed by atoms with E-state index in [-0.39, 0.29) is 5.97 Å². The van der Waals surface area contributed by atoms with Crippen LogP contribution < -0.4 is 10.4 Å². The lowest BCUT2D eigenvalue weighted by Gasteiger charge is -2.37. The highest BCUT2D eigenvalue weighted by Gasteiger charge is 2.24.